The molecule has 2 heterocycles. The van der Waals surface area contributed by atoms with Crippen molar-refractivity contribution in [3.63, 3.8) is 0 Å². The van der Waals surface area contributed by atoms with E-state index >= 15 is 0 Å². The van der Waals surface area contributed by atoms with E-state index in [1.54, 1.807) is 24.3 Å². The van der Waals surface area contributed by atoms with Crippen LogP contribution in [0.15, 0.2) is 30.3 Å². The molecule has 5 atom stereocenters. The number of carbonyl (C=O) groups is 1. The number of carbonyl (C=O) groups excluding carboxylic acids is 1. The van der Waals surface area contributed by atoms with Crippen molar-refractivity contribution in [1.82, 2.24) is 5.32 Å². The maximum absolute atomic E-state index is 12.2. The van der Waals surface area contributed by atoms with Gasteiger partial charge in [0.2, 0.25) is 0 Å². The largest absolute Gasteiger partial charge is 0.394 e. The summed E-state index contributed by atoms with van der Waals surface area (Å²) >= 11 is 0. The normalized spacial score (nSPS) is 35.2. The molecule has 2 saturated heterocycles. The number of rotatable bonds is 4. The number of ether oxygens (including phenoxy) is 3. The molecule has 6 heteroatoms. The van der Waals surface area contributed by atoms with E-state index in [-0.39, 0.29) is 30.8 Å². The third kappa shape index (κ3) is 2.43. The minimum Gasteiger partial charge on any atom is -0.394 e. The molecular weight excluding hydrogens is 262 g/mol. The zero-order chi connectivity index (χ0) is 14.1. The highest BCUT2D eigenvalue weighted by atomic mass is 16.7. The molecule has 2 N–H and O–H groups in total. The number of fused-ring (bicyclic) bond motifs is 1. The first kappa shape index (κ1) is 13.5. The summed E-state index contributed by atoms with van der Waals surface area (Å²) in [4.78, 5) is 12.2. The predicted octanol–water partition coefficient (Wildman–Crippen LogP) is -0.0840. The van der Waals surface area contributed by atoms with E-state index in [1.165, 1.54) is 7.11 Å². The summed E-state index contributed by atoms with van der Waals surface area (Å²) in [6.07, 6.45) is -1.36. The zero-order valence-corrected chi connectivity index (χ0v) is 11.1. The Kier molecular flexibility index (Phi) is 3.71. The molecule has 0 aromatic heterocycles. The number of amides is 1. The van der Waals surface area contributed by atoms with Crippen LogP contribution in [0, 0.1) is 0 Å². The van der Waals surface area contributed by atoms with E-state index in [0.29, 0.717) is 5.56 Å². The van der Waals surface area contributed by atoms with Crippen molar-refractivity contribution >= 4 is 5.91 Å². The highest BCUT2D eigenvalue weighted by Crippen LogP contribution is 2.37. The van der Waals surface area contributed by atoms with Gasteiger partial charge in [0.25, 0.3) is 5.91 Å². The quantitative estimate of drug-likeness (QED) is 0.753. The fourth-order valence-electron chi connectivity index (χ4n) is 2.54. The van der Waals surface area contributed by atoms with Crippen LogP contribution in [-0.4, -0.2) is 55.4 Å². The lowest BCUT2D eigenvalue weighted by atomic mass is 10.0. The van der Waals surface area contributed by atoms with Crippen LogP contribution < -0.4 is 5.32 Å². The molecule has 2 aliphatic rings. The molecule has 0 aliphatic carbocycles. The van der Waals surface area contributed by atoms with Crippen LogP contribution in [0.4, 0.5) is 0 Å². The second-order valence-corrected chi connectivity index (χ2v) is 4.89. The molecule has 3 rings (SSSR count). The SMILES string of the molecule is CO[C@@H]1O[C@H](CO)[C@H]2O[C@H]2[C@@H]1NC(=O)c1ccccc1. The van der Waals surface area contributed by atoms with Crippen LogP contribution in [0.1, 0.15) is 10.4 Å². The van der Waals surface area contributed by atoms with Gasteiger partial charge in [0.15, 0.2) is 6.29 Å². The molecule has 1 amide bonds. The molecule has 108 valence electrons. The number of benzene rings is 1. The summed E-state index contributed by atoms with van der Waals surface area (Å²) in [5, 5.41) is 12.1. The summed E-state index contributed by atoms with van der Waals surface area (Å²) in [6.45, 7) is -0.125. The van der Waals surface area contributed by atoms with E-state index < -0.39 is 12.4 Å². The molecule has 20 heavy (non-hydrogen) atoms. The Morgan fingerprint density at radius 1 is 1.30 bits per heavy atom. The van der Waals surface area contributed by atoms with Crippen molar-refractivity contribution in [1.29, 1.82) is 0 Å². The lowest BCUT2D eigenvalue weighted by Gasteiger charge is -2.32. The van der Waals surface area contributed by atoms with Gasteiger partial charge in [-0.2, -0.15) is 0 Å². The highest BCUT2D eigenvalue weighted by Gasteiger charge is 2.58. The van der Waals surface area contributed by atoms with Gasteiger partial charge in [0.1, 0.15) is 24.4 Å². The van der Waals surface area contributed by atoms with Crippen molar-refractivity contribution in [2.45, 2.75) is 30.6 Å². The van der Waals surface area contributed by atoms with Crippen LogP contribution in [0.25, 0.3) is 0 Å². The molecule has 2 aliphatic heterocycles. The van der Waals surface area contributed by atoms with Crippen LogP contribution in [0.3, 0.4) is 0 Å². The van der Waals surface area contributed by atoms with Gasteiger partial charge < -0.3 is 24.6 Å². The van der Waals surface area contributed by atoms with Gasteiger partial charge in [0, 0.05) is 12.7 Å². The number of hydrogen-bond acceptors (Lipinski definition) is 5. The molecule has 0 bridgehead atoms. The van der Waals surface area contributed by atoms with Crippen molar-refractivity contribution in [3.05, 3.63) is 35.9 Å². The van der Waals surface area contributed by atoms with Gasteiger partial charge in [-0.15, -0.1) is 0 Å². The van der Waals surface area contributed by atoms with Crippen molar-refractivity contribution in [2.24, 2.45) is 0 Å². The second-order valence-electron chi connectivity index (χ2n) is 4.89. The standard InChI is InChI=1S/C14H17NO5/c1-18-14-10(12-11(20-12)9(7-16)19-14)15-13(17)8-5-3-2-4-6-8/h2-6,9-12,14,16H,7H2,1H3,(H,15,17)/t9-,10+,11-,12+,14-/m1/s1. The van der Waals surface area contributed by atoms with E-state index in [4.69, 9.17) is 14.2 Å². The Morgan fingerprint density at radius 3 is 2.70 bits per heavy atom. The van der Waals surface area contributed by atoms with Gasteiger partial charge in [-0.05, 0) is 12.1 Å². The maximum Gasteiger partial charge on any atom is 0.251 e. The molecule has 2 fully saturated rings. The van der Waals surface area contributed by atoms with Gasteiger partial charge >= 0.3 is 0 Å². The third-order valence-electron chi connectivity index (χ3n) is 3.63. The number of aliphatic hydroxyl groups excluding tert-OH is 1. The van der Waals surface area contributed by atoms with Gasteiger partial charge in [-0.25, -0.2) is 0 Å². The fraction of sp³-hybridized carbons (Fsp3) is 0.500. The van der Waals surface area contributed by atoms with E-state index in [9.17, 15) is 9.90 Å². The second kappa shape index (κ2) is 5.49. The van der Waals surface area contributed by atoms with Crippen LogP contribution >= 0.6 is 0 Å². The van der Waals surface area contributed by atoms with Crippen molar-refractivity contribution in [3.8, 4) is 0 Å². The molecule has 1 aromatic carbocycles. The maximum atomic E-state index is 12.2. The number of nitrogens with one attached hydrogen (secondary N) is 1. The Bertz CT molecular complexity index is 480. The van der Waals surface area contributed by atoms with Gasteiger partial charge in [0.05, 0.1) is 6.61 Å². The third-order valence-corrected chi connectivity index (χ3v) is 3.63. The average molecular weight is 279 g/mol. The Labute approximate surface area is 116 Å². The average Bonchev–Trinajstić information content (AvgIpc) is 3.29. The van der Waals surface area contributed by atoms with Gasteiger partial charge in [-0.1, -0.05) is 18.2 Å². The summed E-state index contributed by atoms with van der Waals surface area (Å²) in [5.74, 6) is -0.196. The van der Waals surface area contributed by atoms with Crippen molar-refractivity contribution < 1.29 is 24.1 Å². The van der Waals surface area contributed by atoms with E-state index in [2.05, 4.69) is 5.32 Å². The van der Waals surface area contributed by atoms with Gasteiger partial charge in [-0.3, -0.25) is 4.79 Å². The number of hydrogen-bond donors (Lipinski definition) is 2. The first-order valence-corrected chi connectivity index (χ1v) is 6.55. The first-order valence-electron chi connectivity index (χ1n) is 6.55. The Hall–Kier alpha value is -1.47. The number of methoxy groups -OCH3 is 1. The Morgan fingerprint density at radius 2 is 2.05 bits per heavy atom. The van der Waals surface area contributed by atoms with Crippen LogP contribution in [0.5, 0.6) is 0 Å². The summed E-state index contributed by atoms with van der Waals surface area (Å²) in [5.41, 5.74) is 0.573. The molecule has 0 spiro atoms. The van der Waals surface area contributed by atoms with Crippen molar-refractivity contribution in [2.75, 3.05) is 13.7 Å². The van der Waals surface area contributed by atoms with Crippen LogP contribution in [0.2, 0.25) is 0 Å². The summed E-state index contributed by atoms with van der Waals surface area (Å²) in [6, 6.07) is 8.56. The molecule has 0 radical (unpaired) electrons. The highest BCUT2D eigenvalue weighted by molar-refractivity contribution is 5.94. The summed E-state index contributed by atoms with van der Waals surface area (Å²) in [7, 11) is 1.50. The molecule has 6 nitrogen and oxygen atoms in total. The first-order chi connectivity index (χ1) is 9.74. The summed E-state index contributed by atoms with van der Waals surface area (Å²) < 4.78 is 16.3. The lowest BCUT2D eigenvalue weighted by Crippen LogP contribution is -2.55. The van der Waals surface area contributed by atoms with E-state index in [0.717, 1.165) is 0 Å². The molecule has 1 aromatic rings. The monoisotopic (exact) mass is 279 g/mol. The minimum atomic E-state index is -0.622. The fourth-order valence-corrected chi connectivity index (χ4v) is 2.54. The smallest absolute Gasteiger partial charge is 0.251 e. The topological polar surface area (TPSA) is 80.3 Å². The van der Waals surface area contributed by atoms with E-state index in [1.807, 2.05) is 6.07 Å². The number of epoxide rings is 1. The molecule has 0 unspecified atom stereocenters. The number of aliphatic hydroxyl groups is 1. The molecule has 0 saturated carbocycles. The van der Waals surface area contributed by atoms with Crippen LogP contribution in [-0.2, 0) is 14.2 Å². The lowest BCUT2D eigenvalue weighted by molar-refractivity contribution is -0.190. The predicted molar refractivity (Wildman–Crippen MR) is 69.1 cm³/mol. The minimum absolute atomic E-state index is 0.125. The Balaban J connectivity index is 1.69. The molecular formula is C14H17NO5. The zero-order valence-electron chi connectivity index (χ0n) is 11.1.